The molecule has 1 heterocycles. The summed E-state index contributed by atoms with van der Waals surface area (Å²) in [5.74, 6) is -0.259. The van der Waals surface area contributed by atoms with Gasteiger partial charge < -0.3 is 10.6 Å². The standard InChI is InChI=1S/C14H17FN4OS/c1-10(20)16-7-2-8-17-14-19-18-13(21-14)9-11-3-5-12(15)6-4-11/h3-6H,2,7-9H2,1H3,(H,16,20)(H,17,19). The third-order valence-corrected chi connectivity index (χ3v) is 3.62. The summed E-state index contributed by atoms with van der Waals surface area (Å²) in [5, 5.41) is 15.7. The molecule has 2 aromatic rings. The summed E-state index contributed by atoms with van der Waals surface area (Å²) < 4.78 is 12.8. The van der Waals surface area contributed by atoms with Gasteiger partial charge in [0.15, 0.2) is 0 Å². The highest BCUT2D eigenvalue weighted by Gasteiger charge is 2.05. The minimum atomic E-state index is -0.238. The molecule has 1 amide bonds. The molecule has 0 atom stereocenters. The Morgan fingerprint density at radius 2 is 2.00 bits per heavy atom. The van der Waals surface area contributed by atoms with Crippen molar-refractivity contribution in [1.29, 1.82) is 0 Å². The number of benzene rings is 1. The van der Waals surface area contributed by atoms with E-state index in [4.69, 9.17) is 0 Å². The van der Waals surface area contributed by atoms with Crippen molar-refractivity contribution in [3.05, 3.63) is 40.7 Å². The fraction of sp³-hybridized carbons (Fsp3) is 0.357. The van der Waals surface area contributed by atoms with Crippen LogP contribution in [0.4, 0.5) is 9.52 Å². The van der Waals surface area contributed by atoms with Gasteiger partial charge in [0.1, 0.15) is 10.8 Å². The second-order valence-corrected chi connectivity index (χ2v) is 5.63. The first-order valence-corrected chi connectivity index (χ1v) is 7.50. The normalized spacial score (nSPS) is 10.4. The first-order valence-electron chi connectivity index (χ1n) is 6.68. The van der Waals surface area contributed by atoms with Crippen molar-refractivity contribution < 1.29 is 9.18 Å². The van der Waals surface area contributed by atoms with Crippen molar-refractivity contribution in [3.63, 3.8) is 0 Å². The van der Waals surface area contributed by atoms with Crippen molar-refractivity contribution >= 4 is 22.4 Å². The molecule has 0 saturated carbocycles. The average Bonchev–Trinajstić information content (AvgIpc) is 2.88. The zero-order valence-electron chi connectivity index (χ0n) is 11.7. The predicted octanol–water partition coefficient (Wildman–Crippen LogP) is 2.21. The van der Waals surface area contributed by atoms with Crippen LogP contribution in [0.1, 0.15) is 23.9 Å². The van der Waals surface area contributed by atoms with Crippen molar-refractivity contribution in [2.45, 2.75) is 19.8 Å². The minimum absolute atomic E-state index is 0.0208. The Morgan fingerprint density at radius 3 is 2.71 bits per heavy atom. The molecule has 1 aromatic heterocycles. The highest BCUT2D eigenvalue weighted by Crippen LogP contribution is 2.18. The molecule has 112 valence electrons. The molecule has 7 heteroatoms. The van der Waals surface area contributed by atoms with E-state index >= 15 is 0 Å². The zero-order chi connectivity index (χ0) is 15.1. The maximum atomic E-state index is 12.8. The molecule has 1 aromatic carbocycles. The lowest BCUT2D eigenvalue weighted by Gasteiger charge is -2.02. The van der Waals surface area contributed by atoms with Gasteiger partial charge in [0.25, 0.3) is 0 Å². The third-order valence-electron chi connectivity index (χ3n) is 2.74. The number of anilines is 1. The van der Waals surface area contributed by atoms with Gasteiger partial charge in [-0.15, -0.1) is 10.2 Å². The zero-order valence-corrected chi connectivity index (χ0v) is 12.5. The molecule has 0 saturated heterocycles. The van der Waals surface area contributed by atoms with Crippen LogP contribution in [-0.4, -0.2) is 29.2 Å². The van der Waals surface area contributed by atoms with E-state index in [0.29, 0.717) is 13.0 Å². The molecule has 0 unspecified atom stereocenters. The number of carbonyl (C=O) groups is 1. The molecule has 0 bridgehead atoms. The van der Waals surface area contributed by atoms with Crippen molar-refractivity contribution in [1.82, 2.24) is 15.5 Å². The number of aromatic nitrogens is 2. The molecule has 0 radical (unpaired) electrons. The van der Waals surface area contributed by atoms with Crippen LogP contribution in [0.5, 0.6) is 0 Å². The van der Waals surface area contributed by atoms with Crippen LogP contribution in [0.25, 0.3) is 0 Å². The van der Waals surface area contributed by atoms with Crippen LogP contribution >= 0.6 is 11.3 Å². The summed E-state index contributed by atoms with van der Waals surface area (Å²) in [6, 6.07) is 6.38. The summed E-state index contributed by atoms with van der Waals surface area (Å²) in [6.45, 7) is 2.87. The van der Waals surface area contributed by atoms with Crippen LogP contribution < -0.4 is 10.6 Å². The molecule has 0 fully saturated rings. The molecule has 21 heavy (non-hydrogen) atoms. The maximum absolute atomic E-state index is 12.8. The van der Waals surface area contributed by atoms with Gasteiger partial charge >= 0.3 is 0 Å². The number of nitrogens with one attached hydrogen (secondary N) is 2. The van der Waals surface area contributed by atoms with Crippen LogP contribution in [-0.2, 0) is 11.2 Å². The molecule has 0 spiro atoms. The van der Waals surface area contributed by atoms with Crippen LogP contribution in [0, 0.1) is 5.82 Å². The lowest BCUT2D eigenvalue weighted by molar-refractivity contribution is -0.118. The topological polar surface area (TPSA) is 66.9 Å². The van der Waals surface area contributed by atoms with Gasteiger partial charge in [-0.3, -0.25) is 4.79 Å². The van der Waals surface area contributed by atoms with E-state index in [0.717, 1.165) is 28.7 Å². The van der Waals surface area contributed by atoms with Gasteiger partial charge in [-0.1, -0.05) is 23.5 Å². The highest BCUT2D eigenvalue weighted by atomic mass is 32.1. The Kier molecular flexibility index (Phi) is 5.62. The van der Waals surface area contributed by atoms with E-state index in [1.807, 2.05) is 0 Å². The Labute approximate surface area is 126 Å². The van der Waals surface area contributed by atoms with E-state index in [1.165, 1.54) is 30.4 Å². The quantitative estimate of drug-likeness (QED) is 0.770. The fourth-order valence-corrected chi connectivity index (χ4v) is 2.52. The average molecular weight is 308 g/mol. The van der Waals surface area contributed by atoms with E-state index < -0.39 is 0 Å². The molecular weight excluding hydrogens is 291 g/mol. The van der Waals surface area contributed by atoms with Crippen molar-refractivity contribution in [2.24, 2.45) is 0 Å². The number of hydrogen-bond acceptors (Lipinski definition) is 5. The number of carbonyl (C=O) groups excluding carboxylic acids is 1. The summed E-state index contributed by atoms with van der Waals surface area (Å²) >= 11 is 1.48. The Bertz CT molecular complexity index is 585. The first-order chi connectivity index (χ1) is 10.1. The molecule has 0 aliphatic heterocycles. The van der Waals surface area contributed by atoms with Crippen LogP contribution in [0.2, 0.25) is 0 Å². The smallest absolute Gasteiger partial charge is 0.216 e. The van der Waals surface area contributed by atoms with Gasteiger partial charge in [0.2, 0.25) is 11.0 Å². The maximum Gasteiger partial charge on any atom is 0.216 e. The highest BCUT2D eigenvalue weighted by molar-refractivity contribution is 7.15. The number of hydrogen-bond donors (Lipinski definition) is 2. The minimum Gasteiger partial charge on any atom is -0.360 e. The van der Waals surface area contributed by atoms with E-state index in [1.54, 1.807) is 12.1 Å². The summed E-state index contributed by atoms with van der Waals surface area (Å²) in [5.41, 5.74) is 1.00. The lowest BCUT2D eigenvalue weighted by atomic mass is 10.2. The van der Waals surface area contributed by atoms with Gasteiger partial charge in [0.05, 0.1) is 0 Å². The Hall–Kier alpha value is -2.02. The molecule has 2 rings (SSSR count). The molecule has 5 nitrogen and oxygen atoms in total. The predicted molar refractivity (Wildman–Crippen MR) is 80.9 cm³/mol. The van der Waals surface area contributed by atoms with Gasteiger partial charge in [-0.05, 0) is 24.1 Å². The van der Waals surface area contributed by atoms with Crippen molar-refractivity contribution in [3.8, 4) is 0 Å². The van der Waals surface area contributed by atoms with Crippen LogP contribution in [0.3, 0.4) is 0 Å². The molecule has 0 aliphatic carbocycles. The second kappa shape index (κ2) is 7.68. The summed E-state index contributed by atoms with van der Waals surface area (Å²) in [6.07, 6.45) is 1.47. The van der Waals surface area contributed by atoms with E-state index in [2.05, 4.69) is 20.8 Å². The number of amides is 1. The SMILES string of the molecule is CC(=O)NCCCNc1nnc(Cc2ccc(F)cc2)s1. The number of nitrogens with zero attached hydrogens (tertiary/aromatic N) is 2. The molecular formula is C14H17FN4OS. The van der Waals surface area contributed by atoms with Crippen molar-refractivity contribution in [2.75, 3.05) is 18.4 Å². The summed E-state index contributed by atoms with van der Waals surface area (Å²) in [4.78, 5) is 10.7. The number of halogens is 1. The lowest BCUT2D eigenvalue weighted by Crippen LogP contribution is -2.22. The van der Waals surface area contributed by atoms with Gasteiger partial charge in [-0.2, -0.15) is 0 Å². The molecule has 0 aliphatic rings. The van der Waals surface area contributed by atoms with Gasteiger partial charge in [0, 0.05) is 26.4 Å². The monoisotopic (exact) mass is 308 g/mol. The Balaban J connectivity index is 1.76. The Morgan fingerprint density at radius 1 is 1.24 bits per heavy atom. The van der Waals surface area contributed by atoms with E-state index in [-0.39, 0.29) is 11.7 Å². The number of rotatable bonds is 7. The largest absolute Gasteiger partial charge is 0.360 e. The van der Waals surface area contributed by atoms with Crippen LogP contribution in [0.15, 0.2) is 24.3 Å². The molecule has 2 N–H and O–H groups in total. The summed E-state index contributed by atoms with van der Waals surface area (Å²) in [7, 11) is 0. The first kappa shape index (κ1) is 15.4. The fourth-order valence-electron chi connectivity index (χ4n) is 1.72. The third kappa shape index (κ3) is 5.47. The van der Waals surface area contributed by atoms with Gasteiger partial charge in [-0.25, -0.2) is 4.39 Å². The second-order valence-electron chi connectivity index (χ2n) is 4.57. The van der Waals surface area contributed by atoms with E-state index in [9.17, 15) is 9.18 Å².